The highest BCUT2D eigenvalue weighted by Crippen LogP contribution is 2.24. The van der Waals surface area contributed by atoms with Gasteiger partial charge in [0, 0.05) is 18.2 Å². The SMILES string of the molecule is CCC(C)c1ccc(C(=O)N2CCCCC2C)cc1F. The molecule has 1 saturated heterocycles. The average molecular weight is 277 g/mol. The molecule has 2 atom stereocenters. The molecule has 20 heavy (non-hydrogen) atoms. The fourth-order valence-corrected chi connectivity index (χ4v) is 2.85. The lowest BCUT2D eigenvalue weighted by molar-refractivity contribution is 0.0635. The van der Waals surface area contributed by atoms with Crippen LogP contribution in [0.5, 0.6) is 0 Å². The first-order valence-electron chi connectivity index (χ1n) is 7.65. The summed E-state index contributed by atoms with van der Waals surface area (Å²) in [5.74, 6) is -0.102. The summed E-state index contributed by atoms with van der Waals surface area (Å²) in [6.07, 6.45) is 4.16. The maximum Gasteiger partial charge on any atom is 0.254 e. The summed E-state index contributed by atoms with van der Waals surface area (Å²) in [6.45, 7) is 6.90. The van der Waals surface area contributed by atoms with E-state index in [1.807, 2.05) is 18.7 Å². The highest BCUT2D eigenvalue weighted by molar-refractivity contribution is 5.94. The minimum Gasteiger partial charge on any atom is -0.336 e. The molecule has 3 heteroatoms. The van der Waals surface area contributed by atoms with Crippen LogP contribution >= 0.6 is 0 Å². The molecule has 2 unspecified atom stereocenters. The van der Waals surface area contributed by atoms with Crippen LogP contribution in [0.1, 0.15) is 68.3 Å². The van der Waals surface area contributed by atoms with Crippen molar-refractivity contribution in [1.82, 2.24) is 4.90 Å². The van der Waals surface area contributed by atoms with Gasteiger partial charge in [-0.2, -0.15) is 0 Å². The van der Waals surface area contributed by atoms with Gasteiger partial charge in [-0.05, 0) is 56.2 Å². The average Bonchev–Trinajstić information content (AvgIpc) is 2.46. The maximum absolute atomic E-state index is 14.1. The van der Waals surface area contributed by atoms with E-state index in [1.54, 1.807) is 12.1 Å². The van der Waals surface area contributed by atoms with Gasteiger partial charge in [-0.25, -0.2) is 4.39 Å². The fraction of sp³-hybridized carbons (Fsp3) is 0.588. The van der Waals surface area contributed by atoms with Gasteiger partial charge in [0.15, 0.2) is 0 Å². The second-order valence-corrected chi connectivity index (χ2v) is 5.89. The molecule has 0 N–H and O–H groups in total. The molecule has 1 amide bonds. The third-order valence-electron chi connectivity index (χ3n) is 4.45. The Morgan fingerprint density at radius 1 is 1.45 bits per heavy atom. The Morgan fingerprint density at radius 2 is 2.20 bits per heavy atom. The molecule has 1 heterocycles. The van der Waals surface area contributed by atoms with E-state index in [0.717, 1.165) is 25.8 Å². The van der Waals surface area contributed by atoms with Crippen LogP contribution in [0.2, 0.25) is 0 Å². The molecule has 2 rings (SSSR count). The Kier molecular flexibility index (Phi) is 4.79. The van der Waals surface area contributed by atoms with Crippen molar-refractivity contribution < 1.29 is 9.18 Å². The largest absolute Gasteiger partial charge is 0.336 e. The summed E-state index contributed by atoms with van der Waals surface area (Å²) in [5, 5.41) is 0. The molecule has 1 aromatic rings. The number of amides is 1. The Balaban J connectivity index is 2.20. The lowest BCUT2D eigenvalue weighted by Gasteiger charge is -2.33. The number of benzene rings is 1. The van der Waals surface area contributed by atoms with Crippen LogP contribution in [0, 0.1) is 5.82 Å². The Hall–Kier alpha value is -1.38. The quantitative estimate of drug-likeness (QED) is 0.804. The van der Waals surface area contributed by atoms with E-state index in [9.17, 15) is 9.18 Å². The highest BCUT2D eigenvalue weighted by atomic mass is 19.1. The van der Waals surface area contributed by atoms with Gasteiger partial charge in [-0.1, -0.05) is 19.9 Å². The molecule has 1 aliphatic rings. The summed E-state index contributed by atoms with van der Waals surface area (Å²) in [7, 11) is 0. The van der Waals surface area contributed by atoms with Gasteiger partial charge < -0.3 is 4.90 Å². The minimum atomic E-state index is -0.255. The van der Waals surface area contributed by atoms with Crippen LogP contribution in [-0.2, 0) is 0 Å². The van der Waals surface area contributed by atoms with E-state index in [2.05, 4.69) is 6.92 Å². The standard InChI is InChI=1S/C17H24FNO/c1-4-12(2)15-9-8-14(11-16(15)18)17(20)19-10-6-5-7-13(19)3/h8-9,11-13H,4-7,10H2,1-3H3. The molecule has 1 aromatic carbocycles. The van der Waals surface area contributed by atoms with Crippen molar-refractivity contribution in [3.63, 3.8) is 0 Å². The summed E-state index contributed by atoms with van der Waals surface area (Å²) in [4.78, 5) is 14.3. The first kappa shape index (κ1) is 15.0. The van der Waals surface area contributed by atoms with Gasteiger partial charge in [-0.15, -0.1) is 0 Å². The number of likely N-dealkylation sites (tertiary alicyclic amines) is 1. The molecule has 0 bridgehead atoms. The summed E-state index contributed by atoms with van der Waals surface area (Å²) in [6, 6.07) is 5.21. The monoisotopic (exact) mass is 277 g/mol. The fourth-order valence-electron chi connectivity index (χ4n) is 2.85. The van der Waals surface area contributed by atoms with Gasteiger partial charge in [0.2, 0.25) is 0 Å². The van der Waals surface area contributed by atoms with Crippen LogP contribution in [-0.4, -0.2) is 23.4 Å². The smallest absolute Gasteiger partial charge is 0.254 e. The molecular formula is C17H24FNO. The van der Waals surface area contributed by atoms with E-state index in [-0.39, 0.29) is 23.7 Å². The van der Waals surface area contributed by atoms with E-state index in [4.69, 9.17) is 0 Å². The predicted molar refractivity (Wildman–Crippen MR) is 79.5 cm³/mol. The Bertz CT molecular complexity index is 486. The van der Waals surface area contributed by atoms with Crippen molar-refractivity contribution in [2.24, 2.45) is 0 Å². The number of carbonyl (C=O) groups is 1. The van der Waals surface area contributed by atoms with Crippen molar-refractivity contribution in [3.8, 4) is 0 Å². The third-order valence-corrected chi connectivity index (χ3v) is 4.45. The van der Waals surface area contributed by atoms with Crippen LogP contribution in [0.4, 0.5) is 4.39 Å². The molecular weight excluding hydrogens is 253 g/mol. The predicted octanol–water partition coefficient (Wildman–Crippen LogP) is 4.35. The minimum absolute atomic E-state index is 0.0354. The molecule has 1 aliphatic heterocycles. The number of nitrogens with zero attached hydrogens (tertiary/aromatic N) is 1. The first-order valence-corrected chi connectivity index (χ1v) is 7.65. The molecule has 1 fully saturated rings. The van der Waals surface area contributed by atoms with Crippen molar-refractivity contribution in [3.05, 3.63) is 35.1 Å². The topological polar surface area (TPSA) is 20.3 Å². The normalized spacial score (nSPS) is 20.8. The van der Waals surface area contributed by atoms with E-state index in [0.29, 0.717) is 11.1 Å². The van der Waals surface area contributed by atoms with Crippen molar-refractivity contribution >= 4 is 5.91 Å². The maximum atomic E-state index is 14.1. The number of halogens is 1. The van der Waals surface area contributed by atoms with E-state index < -0.39 is 0 Å². The number of piperidine rings is 1. The van der Waals surface area contributed by atoms with Crippen LogP contribution in [0.15, 0.2) is 18.2 Å². The summed E-state index contributed by atoms with van der Waals surface area (Å²) >= 11 is 0. The Morgan fingerprint density at radius 3 is 2.80 bits per heavy atom. The van der Waals surface area contributed by atoms with Gasteiger partial charge >= 0.3 is 0 Å². The zero-order valence-electron chi connectivity index (χ0n) is 12.7. The number of carbonyl (C=O) groups excluding carboxylic acids is 1. The van der Waals surface area contributed by atoms with Gasteiger partial charge in [0.25, 0.3) is 5.91 Å². The number of hydrogen-bond acceptors (Lipinski definition) is 1. The van der Waals surface area contributed by atoms with Crippen molar-refractivity contribution in [2.45, 2.75) is 58.4 Å². The molecule has 0 radical (unpaired) electrons. The molecule has 0 spiro atoms. The Labute approximate surface area is 121 Å². The van der Waals surface area contributed by atoms with Crippen molar-refractivity contribution in [1.29, 1.82) is 0 Å². The molecule has 0 aliphatic carbocycles. The van der Waals surface area contributed by atoms with Gasteiger partial charge in [0.1, 0.15) is 5.82 Å². The van der Waals surface area contributed by atoms with Crippen LogP contribution < -0.4 is 0 Å². The lowest BCUT2D eigenvalue weighted by Crippen LogP contribution is -2.42. The zero-order valence-corrected chi connectivity index (χ0v) is 12.7. The number of hydrogen-bond donors (Lipinski definition) is 0. The molecule has 0 saturated carbocycles. The summed E-state index contributed by atoms with van der Waals surface area (Å²) < 4.78 is 14.1. The van der Waals surface area contributed by atoms with Crippen LogP contribution in [0.25, 0.3) is 0 Å². The summed E-state index contributed by atoms with van der Waals surface area (Å²) in [5.41, 5.74) is 1.18. The van der Waals surface area contributed by atoms with E-state index in [1.165, 1.54) is 12.5 Å². The third kappa shape index (κ3) is 3.02. The lowest BCUT2D eigenvalue weighted by atomic mass is 9.96. The second-order valence-electron chi connectivity index (χ2n) is 5.89. The highest BCUT2D eigenvalue weighted by Gasteiger charge is 2.24. The van der Waals surface area contributed by atoms with Gasteiger partial charge in [-0.3, -0.25) is 4.79 Å². The van der Waals surface area contributed by atoms with Gasteiger partial charge in [0.05, 0.1) is 0 Å². The molecule has 110 valence electrons. The molecule has 0 aromatic heterocycles. The number of rotatable bonds is 3. The zero-order chi connectivity index (χ0) is 14.7. The van der Waals surface area contributed by atoms with E-state index >= 15 is 0 Å². The van der Waals surface area contributed by atoms with Crippen LogP contribution in [0.3, 0.4) is 0 Å². The second kappa shape index (κ2) is 6.38. The molecule has 2 nitrogen and oxygen atoms in total. The first-order chi connectivity index (χ1) is 9.54. The van der Waals surface area contributed by atoms with Crippen molar-refractivity contribution in [2.75, 3.05) is 6.54 Å².